The molecule has 34 heavy (non-hydrogen) atoms. The molecular weight excluding hydrogens is 424 g/mol. The van der Waals surface area contributed by atoms with E-state index in [9.17, 15) is 4.79 Å². The monoisotopic (exact) mass is 452 g/mol. The number of ether oxygens (including phenoxy) is 2. The molecule has 0 unspecified atom stereocenters. The number of carbonyl (C=O) groups excluding carboxylic acids is 1. The summed E-state index contributed by atoms with van der Waals surface area (Å²) in [5.41, 5.74) is 2.80. The van der Waals surface area contributed by atoms with Crippen LogP contribution in [0.3, 0.4) is 0 Å². The number of carbonyl (C=O) groups is 1. The standard InChI is InChI=1S/C29H28N2O3/c32-29(31-24-17-19-26(20-18-24)34-25-13-5-2-6-14-25)22-30-27-15-7-8-16-28(27)33-21-9-12-23-10-3-1-4-11-23/h1-8,10-11,13-20,30H,9,12,21-22H2,(H,31,32). The Kier molecular flexibility index (Phi) is 8.17. The maximum atomic E-state index is 12.4. The van der Waals surface area contributed by atoms with E-state index in [1.165, 1.54) is 5.56 Å². The average Bonchev–Trinajstić information content (AvgIpc) is 2.88. The summed E-state index contributed by atoms with van der Waals surface area (Å²) in [6.07, 6.45) is 1.89. The van der Waals surface area contributed by atoms with E-state index in [2.05, 4.69) is 22.8 Å². The lowest BCUT2D eigenvalue weighted by Crippen LogP contribution is -2.22. The summed E-state index contributed by atoms with van der Waals surface area (Å²) in [6.45, 7) is 0.740. The molecule has 1 amide bonds. The van der Waals surface area contributed by atoms with Gasteiger partial charge < -0.3 is 20.1 Å². The van der Waals surface area contributed by atoms with Crippen molar-refractivity contribution in [2.45, 2.75) is 12.8 Å². The van der Waals surface area contributed by atoms with Crippen molar-refractivity contribution in [2.24, 2.45) is 0 Å². The quantitative estimate of drug-likeness (QED) is 0.254. The number of para-hydroxylation sites is 3. The number of hydrogen-bond acceptors (Lipinski definition) is 4. The molecule has 0 radical (unpaired) electrons. The predicted octanol–water partition coefficient (Wildman–Crippen LogP) is 6.54. The van der Waals surface area contributed by atoms with Gasteiger partial charge in [0.15, 0.2) is 0 Å². The second kappa shape index (κ2) is 12.1. The normalized spacial score (nSPS) is 10.4. The maximum absolute atomic E-state index is 12.4. The third-order valence-corrected chi connectivity index (χ3v) is 5.15. The van der Waals surface area contributed by atoms with Gasteiger partial charge in [-0.15, -0.1) is 0 Å². The second-order valence-corrected chi connectivity index (χ2v) is 7.77. The Morgan fingerprint density at radius 1 is 0.706 bits per heavy atom. The highest BCUT2D eigenvalue weighted by atomic mass is 16.5. The third-order valence-electron chi connectivity index (χ3n) is 5.15. The summed E-state index contributed by atoms with van der Waals surface area (Å²) in [6, 6.07) is 34.9. The fourth-order valence-corrected chi connectivity index (χ4v) is 3.45. The fourth-order valence-electron chi connectivity index (χ4n) is 3.45. The molecule has 0 saturated carbocycles. The summed E-state index contributed by atoms with van der Waals surface area (Å²) in [4.78, 5) is 12.4. The Hall–Kier alpha value is -4.25. The SMILES string of the molecule is O=C(CNc1ccccc1OCCCc1ccccc1)Nc1ccc(Oc2ccccc2)cc1. The summed E-state index contributed by atoms with van der Waals surface area (Å²) in [7, 11) is 0. The minimum Gasteiger partial charge on any atom is -0.491 e. The van der Waals surface area contributed by atoms with Gasteiger partial charge in [-0.3, -0.25) is 4.79 Å². The van der Waals surface area contributed by atoms with E-state index in [-0.39, 0.29) is 12.5 Å². The third kappa shape index (κ3) is 7.14. The second-order valence-electron chi connectivity index (χ2n) is 7.77. The van der Waals surface area contributed by atoms with Crippen molar-refractivity contribution < 1.29 is 14.3 Å². The van der Waals surface area contributed by atoms with Crippen LogP contribution in [0, 0.1) is 0 Å². The zero-order chi connectivity index (χ0) is 23.4. The lowest BCUT2D eigenvalue weighted by Gasteiger charge is -2.13. The molecule has 0 aliphatic rings. The van der Waals surface area contributed by atoms with Crippen LogP contribution in [-0.2, 0) is 11.2 Å². The number of aryl methyl sites for hydroxylation is 1. The van der Waals surface area contributed by atoms with Crippen LogP contribution in [0.2, 0.25) is 0 Å². The number of hydrogen-bond donors (Lipinski definition) is 2. The molecular formula is C29H28N2O3. The lowest BCUT2D eigenvalue weighted by molar-refractivity contribution is -0.114. The van der Waals surface area contributed by atoms with E-state index in [0.29, 0.717) is 18.0 Å². The Labute approximate surface area is 200 Å². The molecule has 4 aromatic rings. The van der Waals surface area contributed by atoms with Crippen molar-refractivity contribution in [3.63, 3.8) is 0 Å². The summed E-state index contributed by atoms with van der Waals surface area (Å²) in [5.74, 6) is 2.08. The van der Waals surface area contributed by atoms with Crippen LogP contribution in [0.1, 0.15) is 12.0 Å². The zero-order valence-electron chi connectivity index (χ0n) is 18.9. The molecule has 5 nitrogen and oxygen atoms in total. The smallest absolute Gasteiger partial charge is 0.243 e. The fraction of sp³-hybridized carbons (Fsp3) is 0.138. The van der Waals surface area contributed by atoms with E-state index in [0.717, 1.165) is 30.0 Å². The molecule has 2 N–H and O–H groups in total. The molecule has 5 heteroatoms. The molecule has 4 rings (SSSR count). The minimum absolute atomic E-state index is 0.132. The molecule has 0 bridgehead atoms. The van der Waals surface area contributed by atoms with Crippen LogP contribution >= 0.6 is 0 Å². The Morgan fingerprint density at radius 3 is 2.12 bits per heavy atom. The number of benzene rings is 4. The van der Waals surface area contributed by atoms with E-state index in [4.69, 9.17) is 9.47 Å². The molecule has 172 valence electrons. The van der Waals surface area contributed by atoms with Crippen molar-refractivity contribution in [1.29, 1.82) is 0 Å². The van der Waals surface area contributed by atoms with E-state index < -0.39 is 0 Å². The molecule has 0 aromatic heterocycles. The summed E-state index contributed by atoms with van der Waals surface area (Å²) < 4.78 is 11.7. The first kappa shape index (κ1) is 22.9. The highest BCUT2D eigenvalue weighted by Crippen LogP contribution is 2.25. The van der Waals surface area contributed by atoms with Gasteiger partial charge in [0.2, 0.25) is 5.91 Å². The van der Waals surface area contributed by atoms with E-state index in [1.807, 2.05) is 97.1 Å². The molecule has 0 atom stereocenters. The van der Waals surface area contributed by atoms with Gasteiger partial charge in [0.1, 0.15) is 17.2 Å². The molecule has 0 aliphatic carbocycles. The van der Waals surface area contributed by atoms with Crippen LogP contribution in [0.25, 0.3) is 0 Å². The van der Waals surface area contributed by atoms with Crippen molar-refractivity contribution in [2.75, 3.05) is 23.8 Å². The Bertz CT molecular complexity index is 1160. The summed E-state index contributed by atoms with van der Waals surface area (Å²) >= 11 is 0. The van der Waals surface area contributed by atoms with Crippen molar-refractivity contribution >= 4 is 17.3 Å². The van der Waals surface area contributed by atoms with Crippen LogP contribution in [0.4, 0.5) is 11.4 Å². The number of amides is 1. The van der Waals surface area contributed by atoms with E-state index in [1.54, 1.807) is 0 Å². The van der Waals surface area contributed by atoms with Crippen molar-refractivity contribution in [3.8, 4) is 17.2 Å². The average molecular weight is 453 g/mol. The Balaban J connectivity index is 1.23. The molecule has 0 heterocycles. The van der Waals surface area contributed by atoms with Gasteiger partial charge in [-0.1, -0.05) is 60.7 Å². The number of anilines is 2. The molecule has 4 aromatic carbocycles. The Morgan fingerprint density at radius 2 is 1.35 bits per heavy atom. The number of rotatable bonds is 11. The van der Waals surface area contributed by atoms with Crippen LogP contribution < -0.4 is 20.1 Å². The van der Waals surface area contributed by atoms with Gasteiger partial charge in [0.05, 0.1) is 18.8 Å². The maximum Gasteiger partial charge on any atom is 0.243 e. The first-order valence-electron chi connectivity index (χ1n) is 11.4. The topological polar surface area (TPSA) is 59.6 Å². The molecule has 0 spiro atoms. The highest BCUT2D eigenvalue weighted by molar-refractivity contribution is 5.94. The van der Waals surface area contributed by atoms with Crippen LogP contribution in [0.15, 0.2) is 109 Å². The molecule has 0 aliphatic heterocycles. The zero-order valence-corrected chi connectivity index (χ0v) is 18.9. The summed E-state index contributed by atoms with van der Waals surface area (Å²) in [5, 5.41) is 6.07. The largest absolute Gasteiger partial charge is 0.491 e. The number of nitrogens with one attached hydrogen (secondary N) is 2. The van der Waals surface area contributed by atoms with Gasteiger partial charge in [0, 0.05) is 5.69 Å². The van der Waals surface area contributed by atoms with Crippen LogP contribution in [0.5, 0.6) is 17.2 Å². The van der Waals surface area contributed by atoms with Crippen molar-refractivity contribution in [3.05, 3.63) is 115 Å². The first-order valence-corrected chi connectivity index (χ1v) is 11.4. The van der Waals surface area contributed by atoms with Crippen LogP contribution in [-0.4, -0.2) is 19.1 Å². The molecule has 0 saturated heterocycles. The highest BCUT2D eigenvalue weighted by Gasteiger charge is 2.07. The molecule has 0 fully saturated rings. The van der Waals surface area contributed by atoms with Gasteiger partial charge in [-0.25, -0.2) is 0 Å². The van der Waals surface area contributed by atoms with Gasteiger partial charge in [0.25, 0.3) is 0 Å². The minimum atomic E-state index is -0.143. The lowest BCUT2D eigenvalue weighted by atomic mass is 10.1. The van der Waals surface area contributed by atoms with Gasteiger partial charge in [-0.05, 0) is 66.9 Å². The predicted molar refractivity (Wildman–Crippen MR) is 137 cm³/mol. The van der Waals surface area contributed by atoms with Gasteiger partial charge >= 0.3 is 0 Å². The van der Waals surface area contributed by atoms with Crippen molar-refractivity contribution in [1.82, 2.24) is 0 Å². The van der Waals surface area contributed by atoms with E-state index >= 15 is 0 Å². The van der Waals surface area contributed by atoms with Gasteiger partial charge in [-0.2, -0.15) is 0 Å². The first-order chi connectivity index (χ1) is 16.8.